The Morgan fingerprint density at radius 1 is 0.966 bits per heavy atom. The predicted molar refractivity (Wildman–Crippen MR) is 113 cm³/mol. The molecular formula is C24H16N2O3. The van der Waals surface area contributed by atoms with Crippen LogP contribution >= 0.6 is 0 Å². The number of aromatic nitrogens is 1. The van der Waals surface area contributed by atoms with Gasteiger partial charge in [0.15, 0.2) is 0 Å². The van der Waals surface area contributed by atoms with Crippen molar-refractivity contribution in [3.63, 3.8) is 0 Å². The molecule has 140 valence electrons. The monoisotopic (exact) mass is 380 g/mol. The molecule has 0 atom stereocenters. The maximum absolute atomic E-state index is 12.1. The van der Waals surface area contributed by atoms with E-state index in [2.05, 4.69) is 10.9 Å². The average molecular weight is 380 g/mol. The van der Waals surface area contributed by atoms with E-state index >= 15 is 0 Å². The van der Waals surface area contributed by atoms with Crippen LogP contribution in [0.3, 0.4) is 0 Å². The van der Waals surface area contributed by atoms with Gasteiger partial charge < -0.3 is 4.74 Å². The molecule has 2 amide bonds. The summed E-state index contributed by atoms with van der Waals surface area (Å²) in [4.78, 5) is 29.9. The first-order valence-corrected chi connectivity index (χ1v) is 8.96. The Morgan fingerprint density at radius 3 is 2.45 bits per heavy atom. The highest BCUT2D eigenvalue weighted by Gasteiger charge is 2.26. The van der Waals surface area contributed by atoms with Gasteiger partial charge in [-0.3, -0.25) is 9.59 Å². The molecule has 0 saturated heterocycles. The van der Waals surface area contributed by atoms with E-state index in [-0.39, 0.29) is 18.4 Å². The molecule has 4 rings (SSSR count). The summed E-state index contributed by atoms with van der Waals surface area (Å²) in [5.41, 5.74) is 2.76. The van der Waals surface area contributed by atoms with Crippen molar-refractivity contribution in [2.75, 3.05) is 11.5 Å². The number of pyridine rings is 1. The van der Waals surface area contributed by atoms with Gasteiger partial charge in [-0.25, -0.2) is 9.88 Å². The number of imide groups is 1. The number of anilines is 1. The highest BCUT2D eigenvalue weighted by Crippen LogP contribution is 2.28. The van der Waals surface area contributed by atoms with Gasteiger partial charge in [-0.1, -0.05) is 42.3 Å². The molecule has 0 unspecified atom stereocenters. The van der Waals surface area contributed by atoms with Crippen LogP contribution in [0.15, 0.2) is 66.7 Å². The van der Waals surface area contributed by atoms with Crippen molar-refractivity contribution in [1.82, 2.24) is 4.98 Å². The van der Waals surface area contributed by atoms with E-state index in [4.69, 9.17) is 11.2 Å². The highest BCUT2D eigenvalue weighted by molar-refractivity contribution is 6.30. The van der Waals surface area contributed by atoms with Gasteiger partial charge in [0.05, 0.1) is 16.9 Å². The number of carbonyl (C=O) groups excluding carboxylic acids is 2. The molecule has 3 aromatic rings. The van der Waals surface area contributed by atoms with E-state index in [1.165, 1.54) is 12.2 Å². The zero-order valence-electron chi connectivity index (χ0n) is 15.4. The Bertz CT molecular complexity index is 1180. The molecule has 5 nitrogen and oxygen atoms in total. The lowest BCUT2D eigenvalue weighted by Crippen LogP contribution is -2.29. The Morgan fingerprint density at radius 2 is 1.72 bits per heavy atom. The fraction of sp³-hybridized carbons (Fsp3) is 0.0417. The number of rotatable bonds is 5. The molecule has 5 heteroatoms. The Hall–Kier alpha value is -4.17. The zero-order chi connectivity index (χ0) is 20.2. The van der Waals surface area contributed by atoms with Gasteiger partial charge in [-0.05, 0) is 35.9 Å². The molecular weight excluding hydrogens is 364 g/mol. The van der Waals surface area contributed by atoms with Crippen LogP contribution < -0.4 is 9.64 Å². The van der Waals surface area contributed by atoms with Crippen LogP contribution in [0, 0.1) is 12.3 Å². The normalized spacial score (nSPS) is 13.4. The minimum absolute atomic E-state index is 0.232. The standard InChI is InChI=1S/C24H16N2O3/c1-2-16-29-20-12-7-17(8-13-20)6-10-19-11-9-18-4-3-5-21(24(18)25-19)26-22(27)14-15-23(26)28/h1,3-15H,16H2/b10-6+. The van der Waals surface area contributed by atoms with Crippen LogP contribution in [0.25, 0.3) is 23.1 Å². The van der Waals surface area contributed by atoms with E-state index in [1.54, 1.807) is 12.1 Å². The summed E-state index contributed by atoms with van der Waals surface area (Å²) in [7, 11) is 0. The molecule has 1 aliphatic rings. The summed E-state index contributed by atoms with van der Waals surface area (Å²) in [6, 6.07) is 16.8. The van der Waals surface area contributed by atoms with E-state index in [0.717, 1.165) is 15.8 Å². The molecule has 1 aliphatic heterocycles. The topological polar surface area (TPSA) is 59.5 Å². The summed E-state index contributed by atoms with van der Waals surface area (Å²) >= 11 is 0. The summed E-state index contributed by atoms with van der Waals surface area (Å²) in [6.07, 6.45) is 11.5. The van der Waals surface area contributed by atoms with E-state index in [9.17, 15) is 9.59 Å². The van der Waals surface area contributed by atoms with Gasteiger partial charge in [0.2, 0.25) is 0 Å². The van der Waals surface area contributed by atoms with E-state index in [1.807, 2.05) is 54.6 Å². The molecule has 2 heterocycles. The van der Waals surface area contributed by atoms with Gasteiger partial charge >= 0.3 is 0 Å². The Balaban J connectivity index is 1.63. The number of nitrogens with zero attached hydrogens (tertiary/aromatic N) is 2. The lowest BCUT2D eigenvalue weighted by Gasteiger charge is -2.15. The third-order valence-corrected chi connectivity index (χ3v) is 4.42. The quantitative estimate of drug-likeness (QED) is 0.498. The number of ether oxygens (including phenoxy) is 1. The summed E-state index contributed by atoms with van der Waals surface area (Å²) < 4.78 is 5.36. The smallest absolute Gasteiger partial charge is 0.258 e. The third-order valence-electron chi connectivity index (χ3n) is 4.42. The number of benzene rings is 2. The molecule has 0 fully saturated rings. The second-order valence-corrected chi connectivity index (χ2v) is 6.33. The van der Waals surface area contributed by atoms with Crippen LogP contribution in [0.5, 0.6) is 5.75 Å². The molecule has 1 aromatic heterocycles. The van der Waals surface area contributed by atoms with Crippen molar-refractivity contribution < 1.29 is 14.3 Å². The Kier molecular flexibility index (Phi) is 4.91. The van der Waals surface area contributed by atoms with Crippen molar-refractivity contribution in [1.29, 1.82) is 0 Å². The van der Waals surface area contributed by atoms with Crippen molar-refractivity contribution in [2.45, 2.75) is 0 Å². The number of terminal acetylenes is 1. The third kappa shape index (κ3) is 3.78. The SMILES string of the molecule is C#CCOc1ccc(/C=C/c2ccc3cccc(N4C(=O)C=CC4=O)c3n2)cc1. The van der Waals surface area contributed by atoms with E-state index in [0.29, 0.717) is 22.6 Å². The lowest BCUT2D eigenvalue weighted by molar-refractivity contribution is -0.119. The lowest BCUT2D eigenvalue weighted by atomic mass is 10.1. The van der Waals surface area contributed by atoms with Crippen LogP contribution in [0.2, 0.25) is 0 Å². The number of carbonyl (C=O) groups is 2. The van der Waals surface area contributed by atoms with Gasteiger partial charge in [0, 0.05) is 17.5 Å². The number of para-hydroxylation sites is 1. The first kappa shape index (κ1) is 18.2. The summed E-state index contributed by atoms with van der Waals surface area (Å²) in [5, 5.41) is 0.849. The second-order valence-electron chi connectivity index (χ2n) is 6.33. The van der Waals surface area contributed by atoms with Crippen LogP contribution in [-0.4, -0.2) is 23.4 Å². The van der Waals surface area contributed by atoms with Crippen molar-refractivity contribution in [2.24, 2.45) is 0 Å². The number of hydrogen-bond acceptors (Lipinski definition) is 4. The minimum atomic E-state index is -0.364. The van der Waals surface area contributed by atoms with Gasteiger partial charge in [-0.15, -0.1) is 6.42 Å². The maximum atomic E-state index is 12.1. The first-order valence-electron chi connectivity index (χ1n) is 8.96. The van der Waals surface area contributed by atoms with Crippen LogP contribution in [-0.2, 0) is 9.59 Å². The minimum Gasteiger partial charge on any atom is -0.481 e. The molecule has 29 heavy (non-hydrogen) atoms. The van der Waals surface area contributed by atoms with Gasteiger partial charge in [0.1, 0.15) is 12.4 Å². The maximum Gasteiger partial charge on any atom is 0.258 e. The molecule has 0 aliphatic carbocycles. The first-order chi connectivity index (χ1) is 14.2. The second kappa shape index (κ2) is 7.83. The van der Waals surface area contributed by atoms with Gasteiger partial charge in [-0.2, -0.15) is 0 Å². The molecule has 0 spiro atoms. The van der Waals surface area contributed by atoms with Crippen molar-refractivity contribution in [3.8, 4) is 18.1 Å². The van der Waals surface area contributed by atoms with E-state index < -0.39 is 0 Å². The molecule has 0 radical (unpaired) electrons. The summed E-state index contributed by atoms with van der Waals surface area (Å²) in [6.45, 7) is 0.232. The predicted octanol–water partition coefficient (Wildman–Crippen LogP) is 3.85. The molecule has 0 saturated carbocycles. The molecule has 2 aromatic carbocycles. The largest absolute Gasteiger partial charge is 0.481 e. The highest BCUT2D eigenvalue weighted by atomic mass is 16.5. The number of fused-ring (bicyclic) bond motifs is 1. The van der Waals surface area contributed by atoms with Crippen molar-refractivity contribution in [3.05, 3.63) is 78.0 Å². The molecule has 0 N–H and O–H groups in total. The van der Waals surface area contributed by atoms with Crippen LogP contribution in [0.4, 0.5) is 5.69 Å². The van der Waals surface area contributed by atoms with Gasteiger partial charge in [0.25, 0.3) is 11.8 Å². The molecule has 0 bridgehead atoms. The number of amides is 2. The fourth-order valence-electron chi connectivity index (χ4n) is 3.04. The van der Waals surface area contributed by atoms with Crippen LogP contribution in [0.1, 0.15) is 11.3 Å². The average Bonchev–Trinajstić information content (AvgIpc) is 3.09. The van der Waals surface area contributed by atoms with Crippen molar-refractivity contribution >= 4 is 40.6 Å². The zero-order valence-corrected chi connectivity index (χ0v) is 15.4. The summed E-state index contributed by atoms with van der Waals surface area (Å²) in [5.74, 6) is 2.41. The number of hydrogen-bond donors (Lipinski definition) is 0. The fourth-order valence-corrected chi connectivity index (χ4v) is 3.04. The Labute approximate surface area is 167 Å².